The summed E-state index contributed by atoms with van der Waals surface area (Å²) in [6.07, 6.45) is -11.0. The molecule has 5 aromatic rings. The van der Waals surface area contributed by atoms with E-state index in [-0.39, 0.29) is 62.2 Å². The Morgan fingerprint density at radius 3 is 1.96 bits per heavy atom. The van der Waals surface area contributed by atoms with E-state index in [1.54, 1.807) is 0 Å². The molecule has 1 aromatic heterocycles. The third-order valence-corrected chi connectivity index (χ3v) is 9.09. The predicted molar refractivity (Wildman–Crippen MR) is 175 cm³/mol. The van der Waals surface area contributed by atoms with Gasteiger partial charge in [-0.05, 0) is 42.0 Å². The first-order chi connectivity index (χ1) is 24.4. The van der Waals surface area contributed by atoms with Crippen molar-refractivity contribution in [3.63, 3.8) is 0 Å². The van der Waals surface area contributed by atoms with Gasteiger partial charge in [0.1, 0.15) is 81.7 Å². The minimum atomic E-state index is -1.82. The molecular formula is C36H33O15+. The van der Waals surface area contributed by atoms with E-state index in [1.807, 2.05) is 0 Å². The number of phenolic OH excluding ortho intramolecular Hbond substituents is 6. The van der Waals surface area contributed by atoms with Crippen LogP contribution in [0.15, 0.2) is 77.2 Å². The van der Waals surface area contributed by atoms with E-state index >= 15 is 0 Å². The van der Waals surface area contributed by atoms with Crippen LogP contribution < -0.4 is 9.47 Å². The number of aliphatic hydroxyl groups is 5. The number of rotatable bonds is 6. The van der Waals surface area contributed by atoms with Crippen LogP contribution in [0.1, 0.15) is 28.7 Å². The number of ether oxygens (including phenoxy) is 3. The third kappa shape index (κ3) is 5.91. The summed E-state index contributed by atoms with van der Waals surface area (Å²) in [6, 6.07) is 15.8. The molecule has 1 fully saturated rings. The van der Waals surface area contributed by atoms with Crippen molar-refractivity contribution in [2.45, 2.75) is 48.8 Å². The van der Waals surface area contributed by atoms with Gasteiger partial charge in [0.15, 0.2) is 6.10 Å². The van der Waals surface area contributed by atoms with Gasteiger partial charge in [0.05, 0.1) is 18.1 Å². The molecule has 1 saturated heterocycles. The smallest absolute Gasteiger partial charge is 0.402 e. The largest absolute Gasteiger partial charge is 0.508 e. The molecule has 15 nitrogen and oxygen atoms in total. The number of hydrogen-bond acceptors (Lipinski definition) is 14. The summed E-state index contributed by atoms with van der Waals surface area (Å²) in [4.78, 5) is 0. The molecule has 2 aliphatic heterocycles. The topological polar surface area (TPSA) is 262 Å². The molecule has 266 valence electrons. The van der Waals surface area contributed by atoms with Crippen molar-refractivity contribution < 1.29 is 74.8 Å². The molecule has 2 aliphatic rings. The highest BCUT2D eigenvalue weighted by atomic mass is 16.7. The van der Waals surface area contributed by atoms with Gasteiger partial charge in [-0.15, -0.1) is 0 Å². The molecule has 0 radical (unpaired) electrons. The standard InChI is InChI=1S/C36H32O15/c37-13-25-29(44)31(46)32(47)36(50-25)49-24-11-19-20(41)12-22(43)27(35(19)51-33(24)14-1-5-16(38)6-2-14)28-26-21(42)9-18(40)10-23(26)48-34(30(28)45)15-3-7-17(39)8-4-15/h1-12,25,28-32,34,36-37,44-47H,13H2,(H5-,38,39,40,41,42,43)/p+1. The normalized spacial score (nSPS) is 26.0. The zero-order valence-corrected chi connectivity index (χ0v) is 26.3. The minimum Gasteiger partial charge on any atom is -0.508 e. The maximum absolute atomic E-state index is 12.0. The minimum absolute atomic E-state index is 0.0411. The van der Waals surface area contributed by atoms with E-state index in [1.165, 1.54) is 60.7 Å². The van der Waals surface area contributed by atoms with E-state index in [0.717, 1.165) is 12.1 Å². The van der Waals surface area contributed by atoms with Gasteiger partial charge in [0.2, 0.25) is 12.0 Å². The summed E-state index contributed by atoms with van der Waals surface area (Å²) < 4.78 is 23.9. The molecule has 3 heterocycles. The second-order valence-corrected chi connectivity index (χ2v) is 12.3. The summed E-state index contributed by atoms with van der Waals surface area (Å²) in [5.41, 5.74) is 0.249. The fraction of sp³-hybridized carbons (Fsp3) is 0.250. The second-order valence-electron chi connectivity index (χ2n) is 12.3. The fourth-order valence-electron chi connectivity index (χ4n) is 6.56. The number of aromatic hydroxyl groups is 6. The van der Waals surface area contributed by atoms with Crippen LogP contribution in [0.2, 0.25) is 0 Å². The summed E-state index contributed by atoms with van der Waals surface area (Å²) in [6.45, 7) is -0.730. The van der Waals surface area contributed by atoms with E-state index in [2.05, 4.69) is 0 Å². The lowest BCUT2D eigenvalue weighted by atomic mass is 9.78. The van der Waals surface area contributed by atoms with Crippen LogP contribution >= 0.6 is 0 Å². The molecule has 4 aromatic carbocycles. The van der Waals surface area contributed by atoms with Gasteiger partial charge in [-0.2, -0.15) is 0 Å². The Morgan fingerprint density at radius 1 is 0.647 bits per heavy atom. The average molecular weight is 706 g/mol. The molecule has 51 heavy (non-hydrogen) atoms. The molecule has 0 bridgehead atoms. The molecule has 0 aliphatic carbocycles. The number of hydrogen-bond donors (Lipinski definition) is 11. The molecule has 11 N–H and O–H groups in total. The van der Waals surface area contributed by atoms with Crippen molar-refractivity contribution in [1.82, 2.24) is 0 Å². The van der Waals surface area contributed by atoms with Gasteiger partial charge < -0.3 is 70.4 Å². The van der Waals surface area contributed by atoms with Gasteiger partial charge in [0, 0.05) is 29.8 Å². The number of phenols is 6. The maximum Gasteiger partial charge on any atom is 0.402 e. The van der Waals surface area contributed by atoms with Crippen LogP contribution in [-0.2, 0) is 4.74 Å². The van der Waals surface area contributed by atoms with Crippen molar-refractivity contribution in [2.24, 2.45) is 0 Å². The molecule has 8 atom stereocenters. The summed E-state index contributed by atoms with van der Waals surface area (Å²) in [5, 5.41) is 117. The lowest BCUT2D eigenvalue weighted by molar-refractivity contribution is -0.277. The molecule has 0 saturated carbocycles. The van der Waals surface area contributed by atoms with Gasteiger partial charge in [0.25, 0.3) is 0 Å². The monoisotopic (exact) mass is 705 g/mol. The molecule has 15 heteroatoms. The van der Waals surface area contributed by atoms with E-state index in [4.69, 9.17) is 18.6 Å². The highest BCUT2D eigenvalue weighted by Gasteiger charge is 2.48. The van der Waals surface area contributed by atoms with Crippen molar-refractivity contribution >= 4 is 11.0 Å². The van der Waals surface area contributed by atoms with Crippen molar-refractivity contribution in [3.05, 3.63) is 89.5 Å². The number of fused-ring (bicyclic) bond motifs is 2. The van der Waals surface area contributed by atoms with Gasteiger partial charge in [-0.25, -0.2) is 4.42 Å². The Labute approximate surface area is 287 Å². The first-order valence-corrected chi connectivity index (χ1v) is 15.7. The Morgan fingerprint density at radius 2 is 1.29 bits per heavy atom. The summed E-state index contributed by atoms with van der Waals surface area (Å²) in [7, 11) is 0. The average Bonchev–Trinajstić information content (AvgIpc) is 3.10. The lowest BCUT2D eigenvalue weighted by Gasteiger charge is -2.39. The first-order valence-electron chi connectivity index (χ1n) is 15.7. The first kappa shape index (κ1) is 33.9. The van der Waals surface area contributed by atoms with E-state index < -0.39 is 72.7 Å². The molecule has 0 amide bonds. The quantitative estimate of drug-likeness (QED) is 0.113. The predicted octanol–water partition coefficient (Wildman–Crippen LogP) is 2.42. The van der Waals surface area contributed by atoms with Crippen molar-refractivity contribution in [1.29, 1.82) is 0 Å². The van der Waals surface area contributed by atoms with Gasteiger partial charge >= 0.3 is 11.3 Å². The zero-order chi connectivity index (χ0) is 36.3. The maximum atomic E-state index is 12.0. The lowest BCUT2D eigenvalue weighted by Crippen LogP contribution is -2.60. The number of aliphatic hydroxyl groups excluding tert-OH is 5. The Bertz CT molecular complexity index is 2080. The van der Waals surface area contributed by atoms with Crippen molar-refractivity contribution in [2.75, 3.05) is 6.61 Å². The van der Waals surface area contributed by atoms with Gasteiger partial charge in [-0.1, -0.05) is 12.1 Å². The van der Waals surface area contributed by atoms with Crippen LogP contribution in [-0.4, -0.2) is 99.6 Å². The molecule has 7 rings (SSSR count). The van der Waals surface area contributed by atoms with Crippen LogP contribution in [0.4, 0.5) is 0 Å². The summed E-state index contributed by atoms with van der Waals surface area (Å²) in [5.74, 6) is -3.86. The molecule has 8 unspecified atom stereocenters. The fourth-order valence-corrected chi connectivity index (χ4v) is 6.56. The zero-order valence-electron chi connectivity index (χ0n) is 26.3. The van der Waals surface area contributed by atoms with Crippen LogP contribution in [0.3, 0.4) is 0 Å². The van der Waals surface area contributed by atoms with Crippen LogP contribution in [0.5, 0.6) is 46.0 Å². The highest BCUT2D eigenvalue weighted by Crippen LogP contribution is 2.55. The van der Waals surface area contributed by atoms with Crippen molar-refractivity contribution in [3.8, 4) is 57.3 Å². The second kappa shape index (κ2) is 13.0. The molecular weight excluding hydrogens is 672 g/mol. The van der Waals surface area contributed by atoms with Crippen LogP contribution in [0.25, 0.3) is 22.3 Å². The van der Waals surface area contributed by atoms with Gasteiger partial charge in [-0.3, -0.25) is 0 Å². The van der Waals surface area contributed by atoms with E-state index in [0.29, 0.717) is 5.56 Å². The Balaban J connectivity index is 1.45. The Kier molecular flexibility index (Phi) is 8.62. The Hall–Kier alpha value is -5.55. The van der Waals surface area contributed by atoms with Crippen LogP contribution in [0, 0.1) is 0 Å². The summed E-state index contributed by atoms with van der Waals surface area (Å²) >= 11 is 0. The SMILES string of the molecule is OCC1OC(Oc2cc3c(O)cc(O)c(C4c5c(O)cc(O)cc5OC(c5ccc(O)cc5)C4O)c3[o+]c2-c2ccc(O)cc2)C(O)C(O)C1O. The third-order valence-electron chi connectivity index (χ3n) is 9.09. The highest BCUT2D eigenvalue weighted by molar-refractivity contribution is 5.92. The van der Waals surface area contributed by atoms with E-state index in [9.17, 15) is 56.2 Å². The molecule has 0 spiro atoms. The number of benzene rings is 4.